The first-order valence-corrected chi connectivity index (χ1v) is 6.37. The Balaban J connectivity index is 2.11. The second kappa shape index (κ2) is 5.77. The number of nitrogens with zero attached hydrogens (tertiary/aromatic N) is 1. The molecule has 2 rings (SSSR count). The van der Waals surface area contributed by atoms with Gasteiger partial charge in [-0.3, -0.25) is 0 Å². The van der Waals surface area contributed by atoms with Crippen LogP contribution in [0.1, 0.15) is 35.9 Å². The molecule has 2 aromatic rings. The van der Waals surface area contributed by atoms with Crippen molar-refractivity contribution in [2.75, 3.05) is 5.73 Å². The average Bonchev–Trinajstić information content (AvgIpc) is 2.80. The lowest BCUT2D eigenvalue weighted by Crippen LogP contribution is -2.13. The maximum Gasteiger partial charge on any atom is 0.355 e. The molecule has 2 N–H and O–H groups in total. The van der Waals surface area contributed by atoms with Gasteiger partial charge in [0.15, 0.2) is 0 Å². The molecule has 4 nitrogen and oxygen atoms in total. The molecule has 0 spiro atoms. The number of hydrogen-bond donors (Lipinski definition) is 1. The van der Waals surface area contributed by atoms with Crippen LogP contribution in [0.5, 0.6) is 0 Å². The highest BCUT2D eigenvalue weighted by Gasteiger charge is 2.16. The average molecular weight is 276 g/mol. The van der Waals surface area contributed by atoms with Crippen LogP contribution in [0.4, 0.5) is 10.1 Å². The smallest absolute Gasteiger partial charge is 0.355 e. The normalized spacial score (nSPS) is 10.8. The van der Waals surface area contributed by atoms with E-state index in [1.807, 2.05) is 13.8 Å². The molecular weight excluding hydrogens is 259 g/mol. The molecular formula is C15H17FN2O2. The Bertz CT molecular complexity index is 620. The predicted molar refractivity (Wildman–Crippen MR) is 74.7 cm³/mol. The van der Waals surface area contributed by atoms with E-state index < -0.39 is 5.97 Å². The van der Waals surface area contributed by atoms with Gasteiger partial charge in [-0.05, 0) is 26.0 Å². The number of hydrogen-bond acceptors (Lipinski definition) is 3. The van der Waals surface area contributed by atoms with Gasteiger partial charge in [-0.15, -0.1) is 0 Å². The lowest BCUT2D eigenvalue weighted by molar-refractivity contribution is 0.0454. The van der Waals surface area contributed by atoms with Gasteiger partial charge in [0.2, 0.25) is 0 Å². The van der Waals surface area contributed by atoms with Crippen LogP contribution in [0.2, 0.25) is 0 Å². The predicted octanol–water partition coefficient (Wildman–Crippen LogP) is 3.15. The Morgan fingerprint density at radius 1 is 1.40 bits per heavy atom. The van der Waals surface area contributed by atoms with E-state index in [0.29, 0.717) is 16.9 Å². The largest absolute Gasteiger partial charge is 0.456 e. The van der Waals surface area contributed by atoms with E-state index in [-0.39, 0.29) is 18.5 Å². The molecule has 5 heteroatoms. The summed E-state index contributed by atoms with van der Waals surface area (Å²) in [6, 6.07) is 7.84. The minimum absolute atomic E-state index is 0.0864. The summed E-state index contributed by atoms with van der Waals surface area (Å²) in [5.41, 5.74) is 6.91. The van der Waals surface area contributed by atoms with Crippen molar-refractivity contribution in [1.29, 1.82) is 0 Å². The molecule has 0 saturated carbocycles. The van der Waals surface area contributed by atoms with E-state index in [4.69, 9.17) is 10.5 Å². The van der Waals surface area contributed by atoms with Crippen LogP contribution in [0.15, 0.2) is 36.5 Å². The SMILES string of the molecule is CC(C)n1cc(N)cc1C(=O)OCc1ccccc1F. The number of benzene rings is 1. The minimum Gasteiger partial charge on any atom is -0.456 e. The second-order valence-electron chi connectivity index (χ2n) is 4.83. The van der Waals surface area contributed by atoms with Crippen molar-refractivity contribution < 1.29 is 13.9 Å². The Labute approximate surface area is 117 Å². The number of nitrogen functional groups attached to an aromatic ring is 1. The summed E-state index contributed by atoms with van der Waals surface area (Å²) in [6.07, 6.45) is 1.68. The molecule has 0 radical (unpaired) electrons. The van der Waals surface area contributed by atoms with Crippen molar-refractivity contribution in [2.24, 2.45) is 0 Å². The fourth-order valence-electron chi connectivity index (χ4n) is 1.92. The summed E-state index contributed by atoms with van der Waals surface area (Å²) in [6.45, 7) is 3.77. The fourth-order valence-corrected chi connectivity index (χ4v) is 1.92. The summed E-state index contributed by atoms with van der Waals surface area (Å²) in [5, 5.41) is 0. The van der Waals surface area contributed by atoms with Gasteiger partial charge in [0.1, 0.15) is 18.1 Å². The van der Waals surface area contributed by atoms with Gasteiger partial charge in [-0.25, -0.2) is 9.18 Å². The van der Waals surface area contributed by atoms with E-state index >= 15 is 0 Å². The zero-order valence-electron chi connectivity index (χ0n) is 11.5. The van der Waals surface area contributed by atoms with Crippen molar-refractivity contribution in [2.45, 2.75) is 26.5 Å². The Morgan fingerprint density at radius 3 is 2.75 bits per heavy atom. The van der Waals surface area contributed by atoms with Gasteiger partial charge in [0.25, 0.3) is 0 Å². The molecule has 0 amide bonds. The van der Waals surface area contributed by atoms with Crippen molar-refractivity contribution in [3.63, 3.8) is 0 Å². The van der Waals surface area contributed by atoms with Crippen molar-refractivity contribution in [3.05, 3.63) is 53.6 Å². The molecule has 0 fully saturated rings. The molecule has 0 unspecified atom stereocenters. The first kappa shape index (κ1) is 14.1. The number of anilines is 1. The van der Waals surface area contributed by atoms with Gasteiger partial charge in [-0.2, -0.15) is 0 Å². The first-order chi connectivity index (χ1) is 9.49. The number of nitrogens with two attached hydrogens (primary N) is 1. The molecule has 1 aromatic heterocycles. The Kier molecular flexibility index (Phi) is 4.08. The molecule has 1 heterocycles. The monoisotopic (exact) mass is 276 g/mol. The zero-order chi connectivity index (χ0) is 14.7. The van der Waals surface area contributed by atoms with Gasteiger partial charge < -0.3 is 15.0 Å². The standard InChI is InChI=1S/C15H17FN2O2/c1-10(2)18-8-12(17)7-14(18)15(19)20-9-11-5-3-4-6-13(11)16/h3-8,10H,9,17H2,1-2H3. The third-order valence-corrected chi connectivity index (χ3v) is 2.95. The van der Waals surface area contributed by atoms with Crippen molar-refractivity contribution in [3.8, 4) is 0 Å². The number of esters is 1. The van der Waals surface area contributed by atoms with Crippen LogP contribution in [0.3, 0.4) is 0 Å². The number of rotatable bonds is 4. The quantitative estimate of drug-likeness (QED) is 0.873. The molecule has 0 aliphatic heterocycles. The van der Waals surface area contributed by atoms with Crippen LogP contribution in [0.25, 0.3) is 0 Å². The summed E-state index contributed by atoms with van der Waals surface area (Å²) < 4.78 is 20.3. The van der Waals surface area contributed by atoms with Gasteiger partial charge in [0.05, 0.1) is 5.69 Å². The fraction of sp³-hybridized carbons (Fsp3) is 0.267. The number of carbonyl (C=O) groups excluding carboxylic acids is 1. The summed E-state index contributed by atoms with van der Waals surface area (Å²) in [7, 11) is 0. The van der Waals surface area contributed by atoms with Crippen molar-refractivity contribution >= 4 is 11.7 Å². The van der Waals surface area contributed by atoms with Gasteiger partial charge in [0, 0.05) is 17.8 Å². The Morgan fingerprint density at radius 2 is 2.10 bits per heavy atom. The second-order valence-corrected chi connectivity index (χ2v) is 4.83. The van der Waals surface area contributed by atoms with Gasteiger partial charge >= 0.3 is 5.97 Å². The maximum atomic E-state index is 13.4. The summed E-state index contributed by atoms with van der Waals surface area (Å²) in [4.78, 5) is 12.0. The zero-order valence-corrected chi connectivity index (χ0v) is 11.5. The molecule has 0 saturated heterocycles. The highest BCUT2D eigenvalue weighted by atomic mass is 19.1. The molecule has 0 aliphatic carbocycles. The van der Waals surface area contributed by atoms with Crippen LogP contribution in [0, 0.1) is 5.82 Å². The minimum atomic E-state index is -0.515. The number of ether oxygens (including phenoxy) is 1. The van der Waals surface area contributed by atoms with E-state index in [1.165, 1.54) is 6.07 Å². The topological polar surface area (TPSA) is 57.2 Å². The van der Waals surface area contributed by atoms with E-state index in [1.54, 1.807) is 35.0 Å². The molecule has 0 aliphatic rings. The van der Waals surface area contributed by atoms with Crippen LogP contribution < -0.4 is 5.73 Å². The number of halogens is 1. The molecule has 0 atom stereocenters. The molecule has 20 heavy (non-hydrogen) atoms. The van der Waals surface area contributed by atoms with Crippen molar-refractivity contribution in [1.82, 2.24) is 4.57 Å². The number of aromatic nitrogens is 1. The van der Waals surface area contributed by atoms with Crippen LogP contribution in [-0.4, -0.2) is 10.5 Å². The first-order valence-electron chi connectivity index (χ1n) is 6.37. The summed E-state index contributed by atoms with van der Waals surface area (Å²) in [5.74, 6) is -0.905. The molecule has 1 aromatic carbocycles. The van der Waals surface area contributed by atoms with Crippen LogP contribution >= 0.6 is 0 Å². The Hall–Kier alpha value is -2.30. The highest BCUT2D eigenvalue weighted by Crippen LogP contribution is 2.18. The number of carbonyl (C=O) groups is 1. The third kappa shape index (κ3) is 2.99. The lowest BCUT2D eigenvalue weighted by Gasteiger charge is -2.12. The summed E-state index contributed by atoms with van der Waals surface area (Å²) >= 11 is 0. The lowest BCUT2D eigenvalue weighted by atomic mass is 10.2. The maximum absolute atomic E-state index is 13.4. The van der Waals surface area contributed by atoms with Gasteiger partial charge in [-0.1, -0.05) is 18.2 Å². The third-order valence-electron chi connectivity index (χ3n) is 2.95. The van der Waals surface area contributed by atoms with E-state index in [2.05, 4.69) is 0 Å². The highest BCUT2D eigenvalue weighted by molar-refractivity contribution is 5.89. The van der Waals surface area contributed by atoms with E-state index in [0.717, 1.165) is 0 Å². The molecule has 0 bridgehead atoms. The van der Waals surface area contributed by atoms with Crippen LogP contribution in [-0.2, 0) is 11.3 Å². The van der Waals surface area contributed by atoms with E-state index in [9.17, 15) is 9.18 Å². The molecule has 106 valence electrons.